The molecule has 240 valence electrons. The molecule has 0 amide bonds. The third kappa shape index (κ3) is 8.00. The minimum Gasteiger partial charge on any atom is -0.496 e. The van der Waals surface area contributed by atoms with Crippen LogP contribution in [0.15, 0.2) is 66.3 Å². The van der Waals surface area contributed by atoms with Gasteiger partial charge in [0.25, 0.3) is 0 Å². The standard InChI is InChI=1S/C33H33ClFN5O4S2/c1-5-26(39-31(46(41)42)11-19(2)3)33-40-28(17-45-33)23-14-24-27(15-30(23)43-4)36-18-37-32(24)38-22-9-10-29(25(34)13-22)44-16-20-7-6-8-21(35)12-20/h6-10,12-15,17-19,26,39H,5,11,16H2,1-4H3,(H,36,37,38). The Bertz CT molecular complexity index is 1990. The number of benzene rings is 3. The van der Waals surface area contributed by atoms with E-state index in [0.29, 0.717) is 57.6 Å². The summed E-state index contributed by atoms with van der Waals surface area (Å²) in [4.78, 5) is 14.1. The van der Waals surface area contributed by atoms with Crippen molar-refractivity contribution in [3.8, 4) is 22.8 Å². The van der Waals surface area contributed by atoms with E-state index in [1.807, 2.05) is 44.4 Å². The predicted octanol–water partition coefficient (Wildman–Crippen LogP) is 7.97. The van der Waals surface area contributed by atoms with Crippen LogP contribution in [0.1, 0.15) is 50.2 Å². The Kier molecular flexibility index (Phi) is 10.8. The molecule has 9 nitrogen and oxygen atoms in total. The first-order valence-electron chi connectivity index (χ1n) is 14.6. The Labute approximate surface area is 277 Å². The van der Waals surface area contributed by atoms with Gasteiger partial charge in [0.05, 0.1) is 29.4 Å². The molecule has 1 unspecified atom stereocenters. The van der Waals surface area contributed by atoms with Crippen molar-refractivity contribution in [2.45, 2.75) is 46.3 Å². The number of fused-ring (bicyclic) bond motifs is 1. The summed E-state index contributed by atoms with van der Waals surface area (Å²) in [5.41, 5.74) is 3.46. The Balaban J connectivity index is 1.41. The van der Waals surface area contributed by atoms with E-state index in [0.717, 1.165) is 16.0 Å². The van der Waals surface area contributed by atoms with Gasteiger partial charge < -0.3 is 14.8 Å². The molecule has 3 aromatic carbocycles. The molecule has 0 spiro atoms. The monoisotopic (exact) mass is 681 g/mol. The molecule has 0 saturated heterocycles. The Morgan fingerprint density at radius 3 is 2.61 bits per heavy atom. The van der Waals surface area contributed by atoms with Crippen LogP contribution in [0.4, 0.5) is 15.9 Å². The van der Waals surface area contributed by atoms with Crippen molar-refractivity contribution in [2.75, 3.05) is 12.4 Å². The smallest absolute Gasteiger partial charge is 0.228 e. The van der Waals surface area contributed by atoms with Gasteiger partial charge in [0.2, 0.25) is 10.3 Å². The number of anilines is 2. The molecule has 0 aliphatic heterocycles. The Morgan fingerprint density at radius 1 is 1.09 bits per heavy atom. The second kappa shape index (κ2) is 15.0. The first-order chi connectivity index (χ1) is 22.1. The van der Waals surface area contributed by atoms with E-state index < -0.39 is 10.3 Å². The summed E-state index contributed by atoms with van der Waals surface area (Å²) >= 11 is 7.98. The van der Waals surface area contributed by atoms with Crippen LogP contribution in [0.2, 0.25) is 5.02 Å². The maximum absolute atomic E-state index is 13.5. The highest BCUT2D eigenvalue weighted by molar-refractivity contribution is 7.72. The van der Waals surface area contributed by atoms with Gasteiger partial charge in [-0.25, -0.2) is 19.3 Å². The van der Waals surface area contributed by atoms with E-state index in [9.17, 15) is 12.8 Å². The Morgan fingerprint density at radius 2 is 1.91 bits per heavy atom. The van der Waals surface area contributed by atoms with Crippen LogP contribution in [-0.2, 0) is 16.9 Å². The third-order valence-corrected chi connectivity index (χ3v) is 9.01. The van der Waals surface area contributed by atoms with Gasteiger partial charge in [-0.05, 0) is 60.7 Å². The van der Waals surface area contributed by atoms with E-state index in [2.05, 4.69) is 20.6 Å². The zero-order valence-corrected chi connectivity index (χ0v) is 28.1. The molecule has 5 rings (SSSR count). The second-order valence-electron chi connectivity index (χ2n) is 10.9. The second-order valence-corrected chi connectivity index (χ2v) is 13.2. The molecule has 46 heavy (non-hydrogen) atoms. The molecule has 2 heterocycles. The van der Waals surface area contributed by atoms with Gasteiger partial charge in [-0.3, -0.25) is 5.32 Å². The fraction of sp³-hybridized carbons (Fsp3) is 0.273. The molecule has 2 N–H and O–H groups in total. The van der Waals surface area contributed by atoms with E-state index in [4.69, 9.17) is 26.1 Å². The lowest BCUT2D eigenvalue weighted by atomic mass is 10.1. The number of hydrogen-bond donors (Lipinski definition) is 2. The normalized spacial score (nSPS) is 11.9. The maximum Gasteiger partial charge on any atom is 0.228 e. The van der Waals surface area contributed by atoms with E-state index in [1.54, 1.807) is 31.4 Å². The van der Waals surface area contributed by atoms with Crippen LogP contribution >= 0.6 is 22.9 Å². The predicted molar refractivity (Wildman–Crippen MR) is 182 cm³/mol. The molecule has 0 aliphatic rings. The summed E-state index contributed by atoms with van der Waals surface area (Å²) in [5.74, 6) is 1.46. The summed E-state index contributed by atoms with van der Waals surface area (Å²) in [6.07, 6.45) is 2.54. The molecule has 0 aliphatic carbocycles. The number of thiazole rings is 1. The summed E-state index contributed by atoms with van der Waals surface area (Å²) in [6, 6.07) is 15.0. The summed E-state index contributed by atoms with van der Waals surface area (Å²) < 4.78 is 48.8. The number of ether oxygens (including phenoxy) is 2. The van der Waals surface area contributed by atoms with Crippen molar-refractivity contribution < 1.29 is 22.3 Å². The number of rotatable bonds is 12. The zero-order chi connectivity index (χ0) is 32.8. The van der Waals surface area contributed by atoms with Crippen molar-refractivity contribution in [1.29, 1.82) is 0 Å². The van der Waals surface area contributed by atoms with Crippen LogP contribution in [0.5, 0.6) is 11.5 Å². The van der Waals surface area contributed by atoms with Gasteiger partial charge in [0.15, 0.2) is 0 Å². The fourth-order valence-electron chi connectivity index (χ4n) is 4.82. The third-order valence-electron chi connectivity index (χ3n) is 7.07. The molecule has 0 saturated carbocycles. The lowest BCUT2D eigenvalue weighted by Crippen LogP contribution is -2.29. The number of methoxy groups -OCH3 is 1. The average Bonchev–Trinajstić information content (AvgIpc) is 3.52. The number of halogens is 2. The molecule has 0 fully saturated rings. The highest BCUT2D eigenvalue weighted by Gasteiger charge is 2.20. The highest BCUT2D eigenvalue weighted by atomic mass is 35.5. The molecule has 2 aromatic heterocycles. The van der Waals surface area contributed by atoms with Crippen molar-refractivity contribution in [3.63, 3.8) is 0 Å². The van der Waals surface area contributed by atoms with Crippen LogP contribution in [0, 0.1) is 11.7 Å². The lowest BCUT2D eigenvalue weighted by Gasteiger charge is -2.16. The molecule has 0 bridgehead atoms. The summed E-state index contributed by atoms with van der Waals surface area (Å²) in [7, 11) is -0.750. The van der Waals surface area contributed by atoms with E-state index in [1.165, 1.54) is 29.8 Å². The minimum atomic E-state index is -2.34. The molecule has 5 aromatic rings. The van der Waals surface area contributed by atoms with E-state index in [-0.39, 0.29) is 29.4 Å². The lowest BCUT2D eigenvalue weighted by molar-refractivity contribution is 0.306. The van der Waals surface area contributed by atoms with Crippen LogP contribution in [-0.4, -0.2) is 35.5 Å². The van der Waals surface area contributed by atoms with Crippen LogP contribution < -0.4 is 20.1 Å². The Hall–Kier alpha value is -4.10. The number of nitrogens with one attached hydrogen (secondary N) is 2. The van der Waals surface area contributed by atoms with Crippen LogP contribution in [0.25, 0.3) is 22.2 Å². The quantitative estimate of drug-likeness (QED) is 0.127. The largest absolute Gasteiger partial charge is 0.496 e. The molecule has 0 radical (unpaired) electrons. The van der Waals surface area contributed by atoms with Crippen molar-refractivity contribution in [2.24, 2.45) is 5.92 Å². The fourth-order valence-corrected chi connectivity index (χ4v) is 6.72. The first kappa shape index (κ1) is 33.3. The van der Waals surface area contributed by atoms with Crippen molar-refractivity contribution in [1.82, 2.24) is 20.3 Å². The van der Waals surface area contributed by atoms with Crippen LogP contribution in [0.3, 0.4) is 0 Å². The van der Waals surface area contributed by atoms with Crippen molar-refractivity contribution >= 4 is 60.6 Å². The number of hydrogen-bond acceptors (Lipinski definition) is 9. The molecule has 1 atom stereocenters. The maximum atomic E-state index is 13.5. The van der Waals surface area contributed by atoms with Gasteiger partial charge >= 0.3 is 0 Å². The zero-order valence-electron chi connectivity index (χ0n) is 25.7. The molecular weight excluding hydrogens is 649 g/mol. The number of nitrogens with zero attached hydrogens (tertiary/aromatic N) is 3. The average molecular weight is 682 g/mol. The van der Waals surface area contributed by atoms with Gasteiger partial charge in [-0.15, -0.1) is 11.3 Å². The summed E-state index contributed by atoms with van der Waals surface area (Å²) in [5, 5.41) is 10.3. The molecular formula is C33H33ClFN5O4S2. The number of aromatic nitrogens is 3. The van der Waals surface area contributed by atoms with Gasteiger partial charge in [0, 0.05) is 28.1 Å². The van der Waals surface area contributed by atoms with Gasteiger partial charge in [0.1, 0.15) is 46.1 Å². The minimum absolute atomic E-state index is 0.175. The summed E-state index contributed by atoms with van der Waals surface area (Å²) in [6.45, 7) is 6.12. The van der Waals surface area contributed by atoms with Crippen molar-refractivity contribution in [3.05, 3.63) is 87.7 Å². The van der Waals surface area contributed by atoms with Gasteiger partial charge in [-0.2, -0.15) is 8.42 Å². The molecule has 13 heteroatoms. The first-order valence-corrected chi connectivity index (χ1v) is 16.9. The van der Waals surface area contributed by atoms with E-state index >= 15 is 0 Å². The highest BCUT2D eigenvalue weighted by Crippen LogP contribution is 2.38. The topological polar surface area (TPSA) is 115 Å². The van der Waals surface area contributed by atoms with Gasteiger partial charge in [-0.1, -0.05) is 44.5 Å². The SMILES string of the molecule is CCC(NC(CC(C)C)=S(=O)=O)c1nc(-c2cc3c(Nc4ccc(OCc5cccc(F)c5)c(Cl)c4)ncnc3cc2OC)cs1.